The van der Waals surface area contributed by atoms with E-state index >= 15 is 0 Å². The highest BCUT2D eigenvalue weighted by Gasteiger charge is 2.12. The van der Waals surface area contributed by atoms with Crippen molar-refractivity contribution in [2.24, 2.45) is 0 Å². The number of nitrogens with one attached hydrogen (secondary N) is 1. The van der Waals surface area contributed by atoms with Crippen LogP contribution in [0.4, 0.5) is 0 Å². The van der Waals surface area contributed by atoms with Crippen LogP contribution in [-0.4, -0.2) is 42.8 Å². The predicted octanol–water partition coefficient (Wildman–Crippen LogP) is 5.38. The number of aryl methyl sites for hydroxylation is 3. The third kappa shape index (κ3) is 7.06. The molecule has 1 amide bonds. The van der Waals surface area contributed by atoms with Crippen molar-refractivity contribution in [1.29, 1.82) is 0 Å². The molecule has 4 rings (SSSR count). The second-order valence-corrected chi connectivity index (χ2v) is 9.19. The molecule has 1 N–H and O–H groups in total. The number of imidazole rings is 1. The molecule has 0 spiro atoms. The van der Waals surface area contributed by atoms with Crippen LogP contribution < -0.4 is 19.5 Å². The van der Waals surface area contributed by atoms with Crippen molar-refractivity contribution in [1.82, 2.24) is 14.9 Å². The number of benzene rings is 3. The SMILES string of the molecule is CCc1ccc(OCCCn2c(CCCNC(=O)Cc3ccc(OC)c(OC)c3)nc3ccccc32)cc1. The number of aromatic nitrogens is 2. The summed E-state index contributed by atoms with van der Waals surface area (Å²) in [5, 5.41) is 3.03. The van der Waals surface area contributed by atoms with Crippen LogP contribution in [0.3, 0.4) is 0 Å². The number of carbonyl (C=O) groups excluding carboxylic acids is 1. The topological polar surface area (TPSA) is 74.6 Å². The normalized spacial score (nSPS) is 10.9. The molecule has 0 aliphatic rings. The van der Waals surface area contributed by atoms with Crippen LogP contribution in [0.5, 0.6) is 17.2 Å². The minimum atomic E-state index is -0.0187. The zero-order chi connectivity index (χ0) is 26.7. The van der Waals surface area contributed by atoms with Gasteiger partial charge in [0.25, 0.3) is 0 Å². The van der Waals surface area contributed by atoms with Gasteiger partial charge < -0.3 is 24.1 Å². The molecule has 200 valence electrons. The van der Waals surface area contributed by atoms with Crippen LogP contribution in [0.15, 0.2) is 66.7 Å². The van der Waals surface area contributed by atoms with E-state index in [1.54, 1.807) is 14.2 Å². The Labute approximate surface area is 224 Å². The first-order chi connectivity index (χ1) is 18.6. The molecule has 7 heteroatoms. The quantitative estimate of drug-likeness (QED) is 0.228. The van der Waals surface area contributed by atoms with Crippen molar-refractivity contribution in [3.8, 4) is 17.2 Å². The first-order valence-electron chi connectivity index (χ1n) is 13.2. The lowest BCUT2D eigenvalue weighted by molar-refractivity contribution is -0.120. The van der Waals surface area contributed by atoms with Gasteiger partial charge in [0.2, 0.25) is 5.91 Å². The molecular weight excluding hydrogens is 478 g/mol. The lowest BCUT2D eigenvalue weighted by Crippen LogP contribution is -2.26. The number of ether oxygens (including phenoxy) is 3. The van der Waals surface area contributed by atoms with Crippen molar-refractivity contribution >= 4 is 16.9 Å². The highest BCUT2D eigenvalue weighted by molar-refractivity contribution is 5.79. The largest absolute Gasteiger partial charge is 0.494 e. The summed E-state index contributed by atoms with van der Waals surface area (Å²) in [5.74, 6) is 3.19. The van der Waals surface area contributed by atoms with Gasteiger partial charge in [0.1, 0.15) is 11.6 Å². The van der Waals surface area contributed by atoms with E-state index in [4.69, 9.17) is 19.2 Å². The van der Waals surface area contributed by atoms with Gasteiger partial charge in [-0.3, -0.25) is 4.79 Å². The average Bonchev–Trinajstić information content (AvgIpc) is 3.30. The molecule has 0 bridgehead atoms. The van der Waals surface area contributed by atoms with Crippen molar-refractivity contribution in [3.63, 3.8) is 0 Å². The molecule has 0 aliphatic heterocycles. The maximum absolute atomic E-state index is 12.5. The van der Waals surface area contributed by atoms with Gasteiger partial charge in [-0.1, -0.05) is 37.3 Å². The number of carbonyl (C=O) groups is 1. The molecule has 1 aromatic heterocycles. The summed E-state index contributed by atoms with van der Waals surface area (Å²) in [6, 6.07) is 22.1. The molecule has 38 heavy (non-hydrogen) atoms. The van der Waals surface area contributed by atoms with Gasteiger partial charge in [-0.15, -0.1) is 0 Å². The van der Waals surface area contributed by atoms with Crippen LogP contribution in [0.25, 0.3) is 11.0 Å². The van der Waals surface area contributed by atoms with E-state index in [0.29, 0.717) is 31.1 Å². The van der Waals surface area contributed by atoms with Crippen LogP contribution in [-0.2, 0) is 30.6 Å². The Morgan fingerprint density at radius 2 is 1.68 bits per heavy atom. The maximum atomic E-state index is 12.5. The highest BCUT2D eigenvalue weighted by Crippen LogP contribution is 2.27. The van der Waals surface area contributed by atoms with E-state index in [9.17, 15) is 4.79 Å². The minimum absolute atomic E-state index is 0.0187. The Bertz CT molecular complexity index is 1330. The monoisotopic (exact) mass is 515 g/mol. The molecule has 0 saturated heterocycles. The van der Waals surface area contributed by atoms with Gasteiger partial charge in [0, 0.05) is 19.5 Å². The molecule has 7 nitrogen and oxygen atoms in total. The molecule has 0 fully saturated rings. The number of methoxy groups -OCH3 is 2. The number of fused-ring (bicyclic) bond motifs is 1. The first-order valence-corrected chi connectivity index (χ1v) is 13.2. The fraction of sp³-hybridized carbons (Fsp3) is 0.355. The zero-order valence-corrected chi connectivity index (χ0v) is 22.5. The first kappa shape index (κ1) is 27.0. The Morgan fingerprint density at radius 3 is 2.45 bits per heavy atom. The van der Waals surface area contributed by atoms with Gasteiger partial charge in [-0.05, 0) is 66.8 Å². The maximum Gasteiger partial charge on any atom is 0.224 e. The number of rotatable bonds is 14. The Balaban J connectivity index is 1.28. The third-order valence-electron chi connectivity index (χ3n) is 6.57. The average molecular weight is 516 g/mol. The second kappa shape index (κ2) is 13.5. The van der Waals surface area contributed by atoms with Crippen LogP contribution >= 0.6 is 0 Å². The Morgan fingerprint density at radius 1 is 0.921 bits per heavy atom. The molecule has 0 saturated carbocycles. The summed E-state index contributed by atoms with van der Waals surface area (Å²) >= 11 is 0. The zero-order valence-electron chi connectivity index (χ0n) is 22.5. The number of hydrogen-bond acceptors (Lipinski definition) is 5. The summed E-state index contributed by atoms with van der Waals surface area (Å²) in [6.07, 6.45) is 3.79. The molecular formula is C31H37N3O4. The van der Waals surface area contributed by atoms with Crippen molar-refractivity contribution < 1.29 is 19.0 Å². The minimum Gasteiger partial charge on any atom is -0.494 e. The van der Waals surface area contributed by atoms with E-state index in [2.05, 4.69) is 35.0 Å². The molecule has 0 radical (unpaired) electrons. The van der Waals surface area contributed by atoms with Gasteiger partial charge >= 0.3 is 0 Å². The van der Waals surface area contributed by atoms with Gasteiger partial charge in [-0.2, -0.15) is 0 Å². The van der Waals surface area contributed by atoms with Gasteiger partial charge in [-0.25, -0.2) is 4.98 Å². The van der Waals surface area contributed by atoms with E-state index in [-0.39, 0.29) is 5.91 Å². The summed E-state index contributed by atoms with van der Waals surface area (Å²) in [4.78, 5) is 17.4. The Hall–Kier alpha value is -4.00. The molecule has 4 aromatic rings. The van der Waals surface area contributed by atoms with Crippen LogP contribution in [0, 0.1) is 0 Å². The molecule has 0 unspecified atom stereocenters. The number of nitrogens with zero attached hydrogens (tertiary/aromatic N) is 2. The Kier molecular flexibility index (Phi) is 9.62. The van der Waals surface area contributed by atoms with Crippen molar-refractivity contribution in [2.45, 2.75) is 45.6 Å². The summed E-state index contributed by atoms with van der Waals surface area (Å²) in [5.41, 5.74) is 4.32. The molecule has 0 aliphatic carbocycles. The summed E-state index contributed by atoms with van der Waals surface area (Å²) in [6.45, 7) is 4.21. The lowest BCUT2D eigenvalue weighted by Gasteiger charge is -2.11. The second-order valence-electron chi connectivity index (χ2n) is 9.19. The predicted molar refractivity (Wildman–Crippen MR) is 150 cm³/mol. The van der Waals surface area contributed by atoms with Crippen LogP contribution in [0.2, 0.25) is 0 Å². The van der Waals surface area contributed by atoms with Crippen molar-refractivity contribution in [2.75, 3.05) is 27.4 Å². The highest BCUT2D eigenvalue weighted by atomic mass is 16.5. The van der Waals surface area contributed by atoms with Crippen molar-refractivity contribution in [3.05, 3.63) is 83.7 Å². The number of amides is 1. The smallest absolute Gasteiger partial charge is 0.224 e. The number of para-hydroxylation sites is 2. The van der Waals surface area contributed by atoms with E-state index in [1.807, 2.05) is 48.5 Å². The number of hydrogen-bond donors (Lipinski definition) is 1. The van der Waals surface area contributed by atoms with E-state index in [1.165, 1.54) is 5.56 Å². The van der Waals surface area contributed by atoms with E-state index < -0.39 is 0 Å². The molecule has 1 heterocycles. The summed E-state index contributed by atoms with van der Waals surface area (Å²) in [7, 11) is 3.19. The fourth-order valence-electron chi connectivity index (χ4n) is 4.51. The van der Waals surface area contributed by atoms with E-state index in [0.717, 1.165) is 60.4 Å². The standard InChI is InChI=1S/C31H37N3O4/c1-4-23-12-15-25(16-13-23)38-20-8-19-34-27-10-6-5-9-26(27)33-30(34)11-7-18-32-31(35)22-24-14-17-28(36-2)29(21-24)37-3/h5-6,9-10,12-17,21H,4,7-8,11,18-20,22H2,1-3H3,(H,32,35). The third-order valence-corrected chi connectivity index (χ3v) is 6.57. The lowest BCUT2D eigenvalue weighted by atomic mass is 10.1. The fourth-order valence-corrected chi connectivity index (χ4v) is 4.51. The molecule has 0 atom stereocenters. The molecule has 3 aromatic carbocycles. The van der Waals surface area contributed by atoms with Crippen LogP contribution in [0.1, 0.15) is 36.7 Å². The van der Waals surface area contributed by atoms with Gasteiger partial charge in [0.05, 0.1) is 38.3 Å². The summed E-state index contributed by atoms with van der Waals surface area (Å²) < 4.78 is 18.8. The van der Waals surface area contributed by atoms with Gasteiger partial charge in [0.15, 0.2) is 11.5 Å².